The zero-order valence-corrected chi connectivity index (χ0v) is 13.5. The molecular weight excluding hydrogens is 320 g/mol. The molecule has 2 aliphatic rings. The highest BCUT2D eigenvalue weighted by molar-refractivity contribution is 8.00. The fraction of sp³-hybridized carbons (Fsp3) is 0.400. The van der Waals surface area contributed by atoms with E-state index in [2.05, 4.69) is 5.32 Å². The minimum atomic E-state index is -0.629. The van der Waals surface area contributed by atoms with E-state index in [0.29, 0.717) is 11.5 Å². The molecule has 7 nitrogen and oxygen atoms in total. The first-order chi connectivity index (χ1) is 11.0. The van der Waals surface area contributed by atoms with Crippen molar-refractivity contribution in [2.24, 2.45) is 0 Å². The lowest BCUT2D eigenvalue weighted by Crippen LogP contribution is -2.70. The number of fused-ring (bicyclic) bond motifs is 1. The third-order valence-electron chi connectivity index (χ3n) is 3.77. The van der Waals surface area contributed by atoms with Crippen molar-refractivity contribution in [1.29, 1.82) is 0 Å². The van der Waals surface area contributed by atoms with Crippen molar-refractivity contribution in [1.82, 2.24) is 10.2 Å². The summed E-state index contributed by atoms with van der Waals surface area (Å²) in [5, 5.41) is 2.43. The molecule has 0 bridgehead atoms. The third kappa shape index (κ3) is 2.74. The van der Waals surface area contributed by atoms with Gasteiger partial charge in [-0.15, -0.1) is 11.8 Å². The molecule has 0 saturated carbocycles. The SMILES string of the molecule is COC(=O)C1=C(C)CS[C@@H]2C(NC(=O)Cc3ccco3)C(=O)N12. The molecule has 2 amide bonds. The van der Waals surface area contributed by atoms with Crippen LogP contribution < -0.4 is 5.32 Å². The fourth-order valence-corrected chi connectivity index (χ4v) is 3.95. The molecule has 1 unspecified atom stereocenters. The maximum absolute atomic E-state index is 12.3. The predicted molar refractivity (Wildman–Crippen MR) is 82.2 cm³/mol. The zero-order chi connectivity index (χ0) is 16.6. The van der Waals surface area contributed by atoms with Crippen LogP contribution in [0.3, 0.4) is 0 Å². The van der Waals surface area contributed by atoms with Gasteiger partial charge < -0.3 is 14.5 Å². The van der Waals surface area contributed by atoms with Gasteiger partial charge in [-0.3, -0.25) is 14.5 Å². The molecule has 0 aliphatic carbocycles. The standard InChI is InChI=1S/C15H16N2O5S/c1-8-7-23-14-11(13(19)17(14)12(8)15(20)21-2)16-10(18)6-9-4-3-5-22-9/h3-5,11,14H,6-7H2,1-2H3,(H,16,18)/t11?,14-/m1/s1. The fourth-order valence-electron chi connectivity index (χ4n) is 2.65. The molecule has 3 rings (SSSR count). The summed E-state index contributed by atoms with van der Waals surface area (Å²) in [6.07, 6.45) is 1.57. The number of hydrogen-bond donors (Lipinski definition) is 1. The van der Waals surface area contributed by atoms with Crippen LogP contribution in [-0.4, -0.2) is 47.0 Å². The number of amides is 2. The maximum Gasteiger partial charge on any atom is 0.354 e. The molecule has 8 heteroatoms. The summed E-state index contributed by atoms with van der Waals surface area (Å²) in [4.78, 5) is 37.6. The van der Waals surface area contributed by atoms with Crippen LogP contribution in [0.25, 0.3) is 0 Å². The van der Waals surface area contributed by atoms with Gasteiger partial charge >= 0.3 is 5.97 Å². The summed E-state index contributed by atoms with van der Waals surface area (Å²) in [6, 6.07) is 2.77. The maximum atomic E-state index is 12.3. The van der Waals surface area contributed by atoms with E-state index in [1.54, 1.807) is 19.1 Å². The number of β-lactam (4-membered cyclic amide) rings is 1. The minimum Gasteiger partial charge on any atom is -0.469 e. The Bertz CT molecular complexity index is 682. The lowest BCUT2D eigenvalue weighted by Gasteiger charge is -2.49. The van der Waals surface area contributed by atoms with E-state index in [0.717, 1.165) is 5.57 Å². The molecule has 2 atom stereocenters. The summed E-state index contributed by atoms with van der Waals surface area (Å²) in [7, 11) is 1.28. The number of methoxy groups -OCH3 is 1. The van der Waals surface area contributed by atoms with Crippen molar-refractivity contribution in [3.63, 3.8) is 0 Å². The van der Waals surface area contributed by atoms with Crippen LogP contribution in [0.4, 0.5) is 0 Å². The van der Waals surface area contributed by atoms with Crippen molar-refractivity contribution in [3.05, 3.63) is 35.4 Å². The van der Waals surface area contributed by atoms with Gasteiger partial charge in [-0.25, -0.2) is 4.79 Å². The summed E-state index contributed by atoms with van der Waals surface area (Å²) >= 11 is 1.52. The highest BCUT2D eigenvalue weighted by Gasteiger charge is 2.53. The van der Waals surface area contributed by atoms with E-state index in [-0.39, 0.29) is 29.3 Å². The second-order valence-corrected chi connectivity index (χ2v) is 6.44. The Labute approximate surface area is 137 Å². The van der Waals surface area contributed by atoms with Crippen molar-refractivity contribution >= 4 is 29.5 Å². The summed E-state index contributed by atoms with van der Waals surface area (Å²) in [5.41, 5.74) is 1.09. The first-order valence-corrected chi connectivity index (χ1v) is 8.12. The molecule has 1 aromatic heterocycles. The first-order valence-electron chi connectivity index (χ1n) is 7.07. The first kappa shape index (κ1) is 15.7. The van der Waals surface area contributed by atoms with Crippen LogP contribution in [0.5, 0.6) is 0 Å². The lowest BCUT2D eigenvalue weighted by molar-refractivity contribution is -0.151. The predicted octanol–water partition coefficient (Wildman–Crippen LogP) is 0.669. The summed E-state index contributed by atoms with van der Waals surface area (Å²) in [6.45, 7) is 1.80. The second-order valence-electron chi connectivity index (χ2n) is 5.33. The topological polar surface area (TPSA) is 88.8 Å². The monoisotopic (exact) mass is 336 g/mol. The number of hydrogen-bond acceptors (Lipinski definition) is 6. The smallest absolute Gasteiger partial charge is 0.354 e. The Morgan fingerprint density at radius 2 is 2.30 bits per heavy atom. The Balaban J connectivity index is 1.68. The number of rotatable bonds is 4. The number of carbonyl (C=O) groups excluding carboxylic acids is 3. The van der Waals surface area contributed by atoms with Crippen molar-refractivity contribution in [2.45, 2.75) is 24.8 Å². The molecule has 23 heavy (non-hydrogen) atoms. The molecule has 3 heterocycles. The second kappa shape index (κ2) is 6.11. The molecule has 1 aromatic rings. The largest absolute Gasteiger partial charge is 0.469 e. The van der Waals surface area contributed by atoms with Gasteiger partial charge in [0.25, 0.3) is 5.91 Å². The van der Waals surface area contributed by atoms with E-state index in [1.165, 1.54) is 30.0 Å². The van der Waals surface area contributed by atoms with Gasteiger partial charge in [-0.1, -0.05) is 0 Å². The average Bonchev–Trinajstić information content (AvgIpc) is 3.04. The molecule has 0 radical (unpaired) electrons. The third-order valence-corrected chi connectivity index (χ3v) is 5.19. The van der Waals surface area contributed by atoms with Crippen molar-refractivity contribution in [3.8, 4) is 0 Å². The van der Waals surface area contributed by atoms with Gasteiger partial charge in [0.15, 0.2) is 0 Å². The van der Waals surface area contributed by atoms with Crippen LogP contribution >= 0.6 is 11.8 Å². The quantitative estimate of drug-likeness (QED) is 0.642. The molecule has 1 N–H and O–H groups in total. The molecular formula is C15H16N2O5S. The molecule has 122 valence electrons. The van der Waals surface area contributed by atoms with Crippen molar-refractivity contribution < 1.29 is 23.5 Å². The van der Waals surface area contributed by atoms with Gasteiger partial charge in [0.1, 0.15) is 22.9 Å². The van der Waals surface area contributed by atoms with Gasteiger partial charge in [0.05, 0.1) is 19.8 Å². The minimum absolute atomic E-state index is 0.0763. The number of carbonyl (C=O) groups is 3. The van der Waals surface area contributed by atoms with E-state index in [9.17, 15) is 14.4 Å². The molecule has 1 saturated heterocycles. The van der Waals surface area contributed by atoms with Gasteiger partial charge in [-0.2, -0.15) is 0 Å². The van der Waals surface area contributed by atoms with Crippen LogP contribution in [-0.2, 0) is 25.5 Å². The van der Waals surface area contributed by atoms with Gasteiger partial charge in [0.2, 0.25) is 5.91 Å². The summed E-state index contributed by atoms with van der Waals surface area (Å²) < 4.78 is 9.87. The van der Waals surface area contributed by atoms with Crippen LogP contribution in [0, 0.1) is 0 Å². The van der Waals surface area contributed by atoms with E-state index < -0.39 is 12.0 Å². The highest BCUT2D eigenvalue weighted by atomic mass is 32.2. The molecule has 0 aromatic carbocycles. The normalized spacial score (nSPS) is 23.2. The number of thioether (sulfide) groups is 1. The van der Waals surface area contributed by atoms with E-state index >= 15 is 0 Å². The zero-order valence-electron chi connectivity index (χ0n) is 12.7. The van der Waals surface area contributed by atoms with Gasteiger partial charge in [-0.05, 0) is 24.6 Å². The van der Waals surface area contributed by atoms with E-state index in [1.807, 2.05) is 0 Å². The number of esters is 1. The lowest BCUT2D eigenvalue weighted by atomic mass is 10.0. The van der Waals surface area contributed by atoms with Gasteiger partial charge in [0, 0.05) is 5.75 Å². The van der Waals surface area contributed by atoms with Crippen LogP contribution in [0.15, 0.2) is 34.1 Å². The Morgan fingerprint density at radius 3 is 2.96 bits per heavy atom. The Hall–Kier alpha value is -2.22. The molecule has 2 aliphatic heterocycles. The molecule has 0 spiro atoms. The number of nitrogens with zero attached hydrogens (tertiary/aromatic N) is 1. The number of ether oxygens (including phenoxy) is 1. The van der Waals surface area contributed by atoms with Crippen molar-refractivity contribution in [2.75, 3.05) is 12.9 Å². The van der Waals surface area contributed by atoms with Crippen LogP contribution in [0.1, 0.15) is 12.7 Å². The average molecular weight is 336 g/mol. The summed E-state index contributed by atoms with van der Waals surface area (Å²) in [5.74, 6) is 0.0396. The number of furan rings is 1. The Morgan fingerprint density at radius 1 is 1.52 bits per heavy atom. The highest BCUT2D eigenvalue weighted by Crippen LogP contribution is 2.40. The van der Waals surface area contributed by atoms with Crippen LogP contribution in [0.2, 0.25) is 0 Å². The Kier molecular flexibility index (Phi) is 4.16. The molecule has 1 fully saturated rings. The van der Waals surface area contributed by atoms with E-state index in [4.69, 9.17) is 9.15 Å². The number of nitrogens with one attached hydrogen (secondary N) is 1.